The lowest BCUT2D eigenvalue weighted by molar-refractivity contribution is 1.07. The van der Waals surface area contributed by atoms with Crippen LogP contribution in [0.15, 0.2) is 53.7 Å². The quantitative estimate of drug-likeness (QED) is 0.446. The van der Waals surface area contributed by atoms with Gasteiger partial charge in [-0.25, -0.2) is 4.98 Å². The van der Waals surface area contributed by atoms with Gasteiger partial charge in [0.1, 0.15) is 0 Å². The van der Waals surface area contributed by atoms with Crippen LogP contribution in [0.4, 0.5) is 0 Å². The lowest BCUT2D eigenvalue weighted by Gasteiger charge is -1.97. The van der Waals surface area contributed by atoms with E-state index in [0.29, 0.717) is 4.77 Å². The summed E-state index contributed by atoms with van der Waals surface area (Å²) in [6.07, 6.45) is 3.47. The minimum absolute atomic E-state index is 0. The van der Waals surface area contributed by atoms with Crippen LogP contribution in [0.2, 0.25) is 0 Å². The molecule has 0 radical (unpaired) electrons. The number of halogens is 2. The summed E-state index contributed by atoms with van der Waals surface area (Å²) in [6.45, 7) is 1.94. The van der Waals surface area contributed by atoms with Crippen LogP contribution in [-0.4, -0.2) is 15.0 Å². The molecule has 7 heteroatoms. The van der Waals surface area contributed by atoms with Crippen LogP contribution in [0.1, 0.15) is 5.69 Å². The van der Waals surface area contributed by atoms with Crippen LogP contribution in [0, 0.1) is 11.7 Å². The fourth-order valence-electron chi connectivity index (χ4n) is 1.55. The number of hydrogen-bond acceptors (Lipinski definition) is 4. The highest BCUT2D eigenvalue weighted by Crippen LogP contribution is 2.18. The van der Waals surface area contributed by atoms with Gasteiger partial charge in [-0.15, -0.1) is 37.4 Å². The maximum atomic E-state index is 4.73. The molecule has 0 fully saturated rings. The number of nitrogens with one attached hydrogen (secondary N) is 1. The highest BCUT2D eigenvalue weighted by Gasteiger charge is 1.94. The average Bonchev–Trinajstić information content (AvgIpc) is 2.40. The largest absolute Gasteiger partial charge is 0.335 e. The number of para-hydroxylation sites is 1. The molecule has 0 unspecified atom stereocenters. The molecule has 3 rings (SSSR count). The smallest absolute Gasteiger partial charge is 0.196 e. The highest BCUT2D eigenvalue weighted by molar-refractivity contribution is 7.80. The fraction of sp³-hybridized carbons (Fsp3) is 0.0714. The van der Waals surface area contributed by atoms with Gasteiger partial charge in [0.25, 0.3) is 0 Å². The average molecular weight is 360 g/mol. The summed E-state index contributed by atoms with van der Waals surface area (Å²) in [4.78, 5) is 11.8. The van der Waals surface area contributed by atoms with E-state index >= 15 is 0 Å². The number of H-pyrrole nitrogens is 1. The molecular weight excluding hydrogens is 345 g/mol. The summed E-state index contributed by atoms with van der Waals surface area (Å²) < 4.78 is 0.546. The molecule has 112 valence electrons. The maximum absolute atomic E-state index is 4.73. The summed E-state index contributed by atoms with van der Waals surface area (Å²) in [5, 5.41) is 1.14. The Bertz CT molecular complexity index is 742. The van der Waals surface area contributed by atoms with Crippen molar-refractivity contribution in [3.8, 4) is 0 Å². The van der Waals surface area contributed by atoms with Crippen molar-refractivity contribution in [1.82, 2.24) is 15.0 Å². The molecule has 21 heavy (non-hydrogen) atoms. The molecule has 1 N–H and O–H groups in total. The summed E-state index contributed by atoms with van der Waals surface area (Å²) >= 11 is 9.02. The van der Waals surface area contributed by atoms with Crippen molar-refractivity contribution in [3.63, 3.8) is 0 Å². The summed E-state index contributed by atoms with van der Waals surface area (Å²) in [7, 11) is 0. The first-order valence-corrected chi connectivity index (χ1v) is 6.57. The molecule has 0 atom stereocenters. The summed E-state index contributed by atoms with van der Waals surface area (Å²) in [5.74, 6) is 0. The van der Waals surface area contributed by atoms with E-state index in [1.807, 2.05) is 43.3 Å². The molecule has 3 nitrogen and oxygen atoms in total. The van der Waals surface area contributed by atoms with Crippen LogP contribution < -0.4 is 0 Å². The third kappa shape index (κ3) is 6.01. The van der Waals surface area contributed by atoms with Crippen molar-refractivity contribution in [3.05, 3.63) is 59.3 Å². The molecule has 0 aliphatic rings. The van der Waals surface area contributed by atoms with Crippen molar-refractivity contribution >= 4 is 60.6 Å². The molecule has 0 bridgehead atoms. The highest BCUT2D eigenvalue weighted by atomic mass is 35.5. The molecule has 0 saturated heterocycles. The molecule has 0 aliphatic heterocycles. The van der Waals surface area contributed by atoms with E-state index in [0.717, 1.165) is 21.5 Å². The number of rotatable bonds is 0. The van der Waals surface area contributed by atoms with E-state index in [2.05, 4.69) is 27.6 Å². The van der Waals surface area contributed by atoms with Crippen LogP contribution in [0.3, 0.4) is 0 Å². The molecule has 0 saturated carbocycles. The number of aromatic nitrogens is 3. The first kappa shape index (κ1) is 19.9. The van der Waals surface area contributed by atoms with E-state index in [9.17, 15) is 0 Å². The molecule has 0 amide bonds. The van der Waals surface area contributed by atoms with E-state index in [-0.39, 0.29) is 24.8 Å². The first-order valence-electron chi connectivity index (χ1n) is 5.71. The molecule has 0 spiro atoms. The molecule has 0 aliphatic carbocycles. The van der Waals surface area contributed by atoms with Crippen molar-refractivity contribution in [2.24, 2.45) is 0 Å². The summed E-state index contributed by atoms with van der Waals surface area (Å²) in [5.41, 5.74) is 2.02. The topological polar surface area (TPSA) is 41.6 Å². The molecule has 3 aromatic rings. The molecule has 2 aromatic heterocycles. The van der Waals surface area contributed by atoms with Crippen molar-refractivity contribution in [2.75, 3.05) is 0 Å². The fourth-order valence-corrected chi connectivity index (χ4v) is 2.04. The Kier molecular flexibility index (Phi) is 9.21. The zero-order valence-corrected chi connectivity index (χ0v) is 14.5. The van der Waals surface area contributed by atoms with Gasteiger partial charge < -0.3 is 4.98 Å². The number of pyridine rings is 1. The first-order chi connectivity index (χ1) is 9.16. The number of fused-ring (bicyclic) bond motifs is 1. The predicted octanol–water partition coefficient (Wildman–Crippen LogP) is 4.81. The number of aryl methyl sites for hydroxylation is 1. The van der Waals surface area contributed by atoms with Gasteiger partial charge >= 0.3 is 0 Å². The van der Waals surface area contributed by atoms with Gasteiger partial charge in [0.15, 0.2) is 4.77 Å². The Labute approximate surface area is 146 Å². The van der Waals surface area contributed by atoms with Gasteiger partial charge in [-0.05, 0) is 37.3 Å². The number of hydrogen-bond donors (Lipinski definition) is 2. The second-order valence-electron chi connectivity index (χ2n) is 3.91. The van der Waals surface area contributed by atoms with E-state index in [4.69, 9.17) is 12.2 Å². The van der Waals surface area contributed by atoms with Crippen LogP contribution in [-0.2, 0) is 0 Å². The zero-order chi connectivity index (χ0) is 13.7. The van der Waals surface area contributed by atoms with Crippen molar-refractivity contribution in [1.29, 1.82) is 0 Å². The van der Waals surface area contributed by atoms with Gasteiger partial charge in [-0.3, -0.25) is 4.98 Å². The number of thiol groups is 1. The molecule has 2 heterocycles. The van der Waals surface area contributed by atoms with Gasteiger partial charge in [0, 0.05) is 28.4 Å². The van der Waals surface area contributed by atoms with Gasteiger partial charge in [-0.1, -0.05) is 18.2 Å². The standard InChI is InChI=1S/C9H7NS.C5H6N2S.2ClH/c11-8-5-1-3-7-4-2-6-10-9(7)8;1-4-2-3-6-5(8)7-4;;/h1-6,11H;2-3H,1H3,(H,6,7,8);2*1H. The second kappa shape index (κ2) is 9.73. The maximum Gasteiger partial charge on any atom is 0.196 e. The zero-order valence-electron chi connectivity index (χ0n) is 11.2. The van der Waals surface area contributed by atoms with Crippen LogP contribution >= 0.6 is 49.7 Å². The van der Waals surface area contributed by atoms with Gasteiger partial charge in [-0.2, -0.15) is 0 Å². The lowest BCUT2D eigenvalue weighted by atomic mass is 10.2. The number of aromatic amines is 1. The minimum atomic E-state index is 0. The Morgan fingerprint density at radius 3 is 2.29 bits per heavy atom. The normalized spacial score (nSPS) is 8.86. The second-order valence-corrected chi connectivity index (χ2v) is 4.78. The van der Waals surface area contributed by atoms with Gasteiger partial charge in [0.2, 0.25) is 0 Å². The van der Waals surface area contributed by atoms with Crippen molar-refractivity contribution < 1.29 is 0 Å². The van der Waals surface area contributed by atoms with Crippen LogP contribution in [0.25, 0.3) is 10.9 Å². The number of benzene rings is 1. The predicted molar refractivity (Wildman–Crippen MR) is 97.6 cm³/mol. The Morgan fingerprint density at radius 1 is 1.00 bits per heavy atom. The number of nitrogens with zero attached hydrogens (tertiary/aromatic N) is 2. The lowest BCUT2D eigenvalue weighted by Crippen LogP contribution is -1.81. The van der Waals surface area contributed by atoms with Crippen molar-refractivity contribution in [2.45, 2.75) is 11.8 Å². The monoisotopic (exact) mass is 359 g/mol. The third-order valence-electron chi connectivity index (χ3n) is 2.43. The van der Waals surface area contributed by atoms with Gasteiger partial charge in [0.05, 0.1) is 5.52 Å². The molecular formula is C14H15Cl2N3S2. The minimum Gasteiger partial charge on any atom is -0.335 e. The molecule has 1 aromatic carbocycles. The Morgan fingerprint density at radius 2 is 1.71 bits per heavy atom. The van der Waals surface area contributed by atoms with Crippen LogP contribution in [0.5, 0.6) is 0 Å². The third-order valence-corrected chi connectivity index (χ3v) is 3.00. The van der Waals surface area contributed by atoms with E-state index in [1.165, 1.54) is 0 Å². The SMILES string of the molecule is Cc1ccnc(=S)[nH]1.Cl.Cl.Sc1cccc2cccnc12. The Balaban J connectivity index is 0.000000363. The Hall–Kier alpha value is -1.14. The van der Waals surface area contributed by atoms with E-state index in [1.54, 1.807) is 12.4 Å². The summed E-state index contributed by atoms with van der Waals surface area (Å²) in [6, 6.07) is 11.8. The van der Waals surface area contributed by atoms with E-state index < -0.39 is 0 Å².